The van der Waals surface area contributed by atoms with E-state index in [9.17, 15) is 9.90 Å². The number of amides is 1. The van der Waals surface area contributed by atoms with Gasteiger partial charge in [-0.1, -0.05) is 36.4 Å². The molecule has 4 aliphatic heterocycles. The van der Waals surface area contributed by atoms with Crippen LogP contribution >= 0.6 is 0 Å². The minimum atomic E-state index is -0.669. The van der Waals surface area contributed by atoms with Gasteiger partial charge in [-0.15, -0.1) is 0 Å². The van der Waals surface area contributed by atoms with Crippen LogP contribution < -0.4 is 4.74 Å². The molecular formula is C31H36N2O4. The third-order valence-corrected chi connectivity index (χ3v) is 10.5. The average molecular weight is 501 g/mol. The lowest BCUT2D eigenvalue weighted by atomic mass is 9.70. The molecule has 2 aromatic rings. The van der Waals surface area contributed by atoms with Gasteiger partial charge in [0.05, 0.1) is 0 Å². The Balaban J connectivity index is 1.32. The van der Waals surface area contributed by atoms with Crippen molar-refractivity contribution in [1.82, 2.24) is 9.80 Å². The van der Waals surface area contributed by atoms with Crippen LogP contribution in [0.4, 0.5) is 0 Å². The first kappa shape index (κ1) is 22.4. The second-order valence-electron chi connectivity index (χ2n) is 12.4. The predicted molar refractivity (Wildman–Crippen MR) is 138 cm³/mol. The molecule has 4 fully saturated rings. The molecule has 0 aromatic heterocycles. The van der Waals surface area contributed by atoms with Gasteiger partial charge >= 0.3 is 0 Å². The number of fused-ring (bicyclic) bond motifs is 2. The van der Waals surface area contributed by atoms with Gasteiger partial charge in [0.1, 0.15) is 0 Å². The smallest absolute Gasteiger partial charge is 0.228 e. The maximum Gasteiger partial charge on any atom is 0.228 e. The van der Waals surface area contributed by atoms with Crippen molar-refractivity contribution < 1.29 is 19.4 Å². The normalized spacial score (nSPS) is 36.3. The Morgan fingerprint density at radius 3 is 2.73 bits per heavy atom. The van der Waals surface area contributed by atoms with Crippen LogP contribution in [0.5, 0.6) is 11.5 Å². The van der Waals surface area contributed by atoms with Gasteiger partial charge in [-0.25, -0.2) is 0 Å². The molecule has 7 aliphatic rings. The highest BCUT2D eigenvalue weighted by atomic mass is 16.7. The van der Waals surface area contributed by atoms with Crippen LogP contribution in [0.3, 0.4) is 0 Å². The SMILES string of the molecule is O=C1[C@H]2CC3CCC4(OCOc5c(O)ccc6c5C(CCN(CC5CC5)C3C6)C24)N1Cc1ccccc1. The number of aromatic hydroxyl groups is 1. The third kappa shape index (κ3) is 3.34. The highest BCUT2D eigenvalue weighted by molar-refractivity contribution is 5.83. The van der Waals surface area contributed by atoms with E-state index in [1.54, 1.807) is 0 Å². The van der Waals surface area contributed by atoms with Crippen molar-refractivity contribution in [2.75, 3.05) is 19.9 Å². The highest BCUT2D eigenvalue weighted by Gasteiger charge is 2.65. The summed E-state index contributed by atoms with van der Waals surface area (Å²) in [7, 11) is 0. The number of nitrogens with zero attached hydrogens (tertiary/aromatic N) is 2. The number of likely N-dealkylation sites (tertiary alicyclic amines) is 1. The maximum absolute atomic E-state index is 14.4. The van der Waals surface area contributed by atoms with Gasteiger partial charge in [-0.2, -0.15) is 0 Å². The molecule has 1 N–H and O–H groups in total. The molecule has 1 amide bonds. The lowest BCUT2D eigenvalue weighted by molar-refractivity contribution is -0.213. The molecular weight excluding hydrogens is 464 g/mol. The van der Waals surface area contributed by atoms with Gasteiger partial charge in [0, 0.05) is 36.5 Å². The number of carbonyl (C=O) groups excluding carboxylic acids is 1. The minimum Gasteiger partial charge on any atom is -0.504 e. The number of phenols is 1. The van der Waals surface area contributed by atoms with Crippen LogP contribution in [0, 0.1) is 23.7 Å². The van der Waals surface area contributed by atoms with Gasteiger partial charge in [0.25, 0.3) is 0 Å². The number of carbonyl (C=O) groups is 1. The van der Waals surface area contributed by atoms with Crippen LogP contribution in [-0.4, -0.2) is 52.5 Å². The number of ether oxygens (including phenoxy) is 2. The number of hydrogen-bond donors (Lipinski definition) is 1. The van der Waals surface area contributed by atoms with Crippen molar-refractivity contribution in [1.29, 1.82) is 0 Å². The molecule has 2 aromatic carbocycles. The van der Waals surface area contributed by atoms with E-state index in [0.717, 1.165) is 55.7 Å². The zero-order valence-electron chi connectivity index (χ0n) is 21.4. The lowest BCUT2D eigenvalue weighted by Crippen LogP contribution is -2.55. The van der Waals surface area contributed by atoms with Crippen molar-refractivity contribution in [3.8, 4) is 11.5 Å². The van der Waals surface area contributed by atoms with E-state index in [4.69, 9.17) is 9.47 Å². The Morgan fingerprint density at radius 1 is 1.03 bits per heavy atom. The quantitative estimate of drug-likeness (QED) is 0.662. The Bertz CT molecular complexity index is 1230. The largest absolute Gasteiger partial charge is 0.504 e. The summed E-state index contributed by atoms with van der Waals surface area (Å²) in [6.07, 6.45) is 7.54. The third-order valence-electron chi connectivity index (χ3n) is 10.5. The van der Waals surface area contributed by atoms with Crippen molar-refractivity contribution in [2.24, 2.45) is 23.7 Å². The number of hydrogen-bond acceptors (Lipinski definition) is 5. The number of rotatable bonds is 4. The van der Waals surface area contributed by atoms with Crippen molar-refractivity contribution >= 4 is 5.91 Å². The lowest BCUT2D eigenvalue weighted by Gasteiger charge is -2.49. The highest BCUT2D eigenvalue weighted by Crippen LogP contribution is 2.61. The summed E-state index contributed by atoms with van der Waals surface area (Å²) in [6, 6.07) is 14.7. The summed E-state index contributed by atoms with van der Waals surface area (Å²) >= 11 is 0. The van der Waals surface area contributed by atoms with Gasteiger partial charge in [0.15, 0.2) is 24.0 Å². The fraction of sp³-hybridized carbons (Fsp3) is 0.581. The summed E-state index contributed by atoms with van der Waals surface area (Å²) in [6.45, 7) is 2.86. The minimum absolute atomic E-state index is 0.0520. The molecule has 2 saturated carbocycles. The predicted octanol–water partition coefficient (Wildman–Crippen LogP) is 4.65. The molecule has 0 radical (unpaired) electrons. The zero-order chi connectivity index (χ0) is 24.7. The summed E-state index contributed by atoms with van der Waals surface area (Å²) in [5, 5.41) is 10.9. The Kier molecular flexibility index (Phi) is 4.98. The molecule has 6 nitrogen and oxygen atoms in total. The van der Waals surface area contributed by atoms with Crippen molar-refractivity contribution in [2.45, 2.75) is 69.2 Å². The fourth-order valence-electron chi connectivity index (χ4n) is 8.80. The van der Waals surface area contributed by atoms with Gasteiger partial charge in [0.2, 0.25) is 5.91 Å². The molecule has 4 heterocycles. The van der Waals surface area contributed by atoms with Gasteiger partial charge in [-0.3, -0.25) is 9.69 Å². The van der Waals surface area contributed by atoms with Crippen molar-refractivity contribution in [3.05, 3.63) is 59.2 Å². The molecule has 9 rings (SSSR count). The molecule has 6 heteroatoms. The van der Waals surface area contributed by atoms with E-state index in [1.807, 2.05) is 24.3 Å². The van der Waals surface area contributed by atoms with Crippen LogP contribution in [-0.2, 0) is 22.5 Å². The summed E-state index contributed by atoms with van der Waals surface area (Å²) in [5.74, 6) is 2.49. The molecule has 6 atom stereocenters. The van der Waals surface area contributed by atoms with E-state index in [1.165, 1.54) is 24.9 Å². The molecule has 5 unspecified atom stereocenters. The molecule has 2 saturated heterocycles. The van der Waals surface area contributed by atoms with Gasteiger partial charge in [-0.05, 0) is 86.4 Å². The topological polar surface area (TPSA) is 62.2 Å². The maximum atomic E-state index is 14.4. The van der Waals surface area contributed by atoms with Gasteiger partial charge < -0.3 is 19.5 Å². The molecule has 194 valence electrons. The Labute approximate surface area is 218 Å². The first-order valence-corrected chi connectivity index (χ1v) is 14.3. The van der Waals surface area contributed by atoms with E-state index >= 15 is 0 Å². The standard InChI is InChI=1S/C31H36N2O4/c34-26-9-8-22-15-25-21-10-12-31-28(24(14-21)30(35)33(31)17-19-4-2-1-3-5-19)23(27(22)29(26)36-18-37-31)11-13-32(25)16-20-6-7-20/h1-5,8-9,20-21,23-25,28,34H,6-7,10-18H2/t21?,23?,24-,25?,28?,31?/m0/s1. The first-order valence-electron chi connectivity index (χ1n) is 14.3. The average Bonchev–Trinajstić information content (AvgIpc) is 3.69. The summed E-state index contributed by atoms with van der Waals surface area (Å²) in [4.78, 5) is 19.3. The summed E-state index contributed by atoms with van der Waals surface area (Å²) < 4.78 is 13.0. The van der Waals surface area contributed by atoms with Crippen LogP contribution in [0.15, 0.2) is 42.5 Å². The van der Waals surface area contributed by atoms with Crippen LogP contribution in [0.1, 0.15) is 61.1 Å². The fourth-order valence-corrected chi connectivity index (χ4v) is 8.80. The molecule has 37 heavy (non-hydrogen) atoms. The Hall–Kier alpha value is -2.57. The van der Waals surface area contributed by atoms with Crippen LogP contribution in [0.25, 0.3) is 0 Å². The van der Waals surface area contributed by atoms with E-state index < -0.39 is 5.72 Å². The van der Waals surface area contributed by atoms with Crippen LogP contribution in [0.2, 0.25) is 0 Å². The second-order valence-corrected chi connectivity index (χ2v) is 12.4. The first-order chi connectivity index (χ1) is 18.1. The monoisotopic (exact) mass is 500 g/mol. The Morgan fingerprint density at radius 2 is 1.89 bits per heavy atom. The zero-order valence-corrected chi connectivity index (χ0v) is 21.4. The van der Waals surface area contributed by atoms with E-state index in [2.05, 4.69) is 28.0 Å². The molecule has 3 aliphatic carbocycles. The van der Waals surface area contributed by atoms with E-state index in [0.29, 0.717) is 24.3 Å². The number of phenolic OH excluding ortho intramolecular Hbond substituents is 1. The second kappa shape index (κ2) is 8.21. The molecule has 0 spiro atoms. The van der Waals surface area contributed by atoms with E-state index in [-0.39, 0.29) is 36.2 Å². The molecule has 7 bridgehead atoms. The van der Waals surface area contributed by atoms with Crippen molar-refractivity contribution in [3.63, 3.8) is 0 Å². The summed E-state index contributed by atoms with van der Waals surface area (Å²) in [5.41, 5.74) is 2.94. The number of benzene rings is 2.